The molecule has 2 saturated heterocycles. The minimum Gasteiger partial charge on any atom is -0.444 e. The molecule has 2 N–H and O–H groups in total. The summed E-state index contributed by atoms with van der Waals surface area (Å²) >= 11 is 0. The number of imidazole rings is 1. The van der Waals surface area contributed by atoms with Gasteiger partial charge >= 0.3 is 6.09 Å². The largest absolute Gasteiger partial charge is 0.444 e. The lowest BCUT2D eigenvalue weighted by Crippen LogP contribution is -2.59. The highest BCUT2D eigenvalue weighted by molar-refractivity contribution is 5.94. The van der Waals surface area contributed by atoms with Gasteiger partial charge in [-0.05, 0) is 78.0 Å². The summed E-state index contributed by atoms with van der Waals surface area (Å²) in [5.74, 6) is -2.48. The molecule has 294 valence electrons. The highest BCUT2D eigenvalue weighted by atomic mass is 19.3. The quantitative estimate of drug-likeness (QED) is 0.240. The maximum atomic E-state index is 15.9. The summed E-state index contributed by atoms with van der Waals surface area (Å²) < 4.78 is 46.2. The van der Waals surface area contributed by atoms with Crippen LogP contribution in [-0.4, -0.2) is 117 Å². The van der Waals surface area contributed by atoms with Crippen LogP contribution in [0.15, 0.2) is 42.9 Å². The van der Waals surface area contributed by atoms with Crippen LogP contribution in [0.4, 0.5) is 30.8 Å². The fraction of sp³-hybridized carbons (Fsp3) is 0.564. The van der Waals surface area contributed by atoms with Crippen LogP contribution >= 0.6 is 0 Å². The molecule has 0 radical (unpaired) electrons. The second kappa shape index (κ2) is 14.0. The number of alkyl halides is 2. The van der Waals surface area contributed by atoms with E-state index in [1.165, 1.54) is 0 Å². The second-order valence-electron chi connectivity index (χ2n) is 16.4. The topological polar surface area (TPSA) is 134 Å². The molecule has 8 rings (SSSR count). The van der Waals surface area contributed by atoms with Crippen molar-refractivity contribution in [3.63, 3.8) is 0 Å². The van der Waals surface area contributed by atoms with E-state index in [0.717, 1.165) is 47.5 Å². The van der Waals surface area contributed by atoms with Crippen molar-refractivity contribution in [3.8, 4) is 5.69 Å². The van der Waals surface area contributed by atoms with Gasteiger partial charge in [0.1, 0.15) is 5.60 Å². The number of aromatic nitrogens is 5. The lowest BCUT2D eigenvalue weighted by molar-refractivity contribution is -0.187. The number of rotatable bonds is 8. The molecule has 2 amide bonds. The average molecular weight is 761 g/mol. The average Bonchev–Trinajstić information content (AvgIpc) is 3.90. The van der Waals surface area contributed by atoms with E-state index >= 15 is 8.78 Å². The SMILES string of the molecule is CNc1cc(N2CCc3c2cccc3-n2cc(CN3CCC4(CCN(C(=O)OC(C)(C)C)CC4)C(F)(F)C3)cn2)nn2c(C(=O)N[C@@H]3CC[C@H]3OC)cnc12. The molecule has 0 unspecified atom stereocenters. The van der Waals surface area contributed by atoms with Crippen molar-refractivity contribution >= 4 is 34.8 Å². The maximum absolute atomic E-state index is 15.9. The number of ether oxygens (including phenoxy) is 2. The minimum absolute atomic E-state index is 0.00553. The van der Waals surface area contributed by atoms with Gasteiger partial charge in [0.15, 0.2) is 17.2 Å². The molecule has 0 bridgehead atoms. The molecule has 14 nitrogen and oxygen atoms in total. The summed E-state index contributed by atoms with van der Waals surface area (Å²) in [4.78, 5) is 35.9. The van der Waals surface area contributed by atoms with Crippen LogP contribution < -0.4 is 15.5 Å². The fourth-order valence-electron chi connectivity index (χ4n) is 8.56. The number of piperidine rings is 2. The van der Waals surface area contributed by atoms with Crippen molar-refractivity contribution in [2.24, 2.45) is 5.41 Å². The highest BCUT2D eigenvalue weighted by Crippen LogP contribution is 2.51. The number of hydrogen-bond acceptors (Lipinski definition) is 10. The van der Waals surface area contributed by atoms with E-state index in [2.05, 4.69) is 25.6 Å². The summed E-state index contributed by atoms with van der Waals surface area (Å²) in [5, 5.41) is 15.9. The third kappa shape index (κ3) is 6.87. The van der Waals surface area contributed by atoms with E-state index in [4.69, 9.17) is 14.6 Å². The lowest BCUT2D eigenvalue weighted by Gasteiger charge is -2.51. The molecule has 4 aromatic rings. The number of likely N-dealkylation sites (tertiary alicyclic amines) is 2. The van der Waals surface area contributed by atoms with E-state index in [0.29, 0.717) is 43.2 Å². The summed E-state index contributed by atoms with van der Waals surface area (Å²) in [6.07, 6.45) is 8.20. The minimum atomic E-state index is -2.89. The molecular weight excluding hydrogens is 710 g/mol. The zero-order valence-electron chi connectivity index (χ0n) is 32.1. The standard InChI is InChI=1S/C39H50F2N10O4/c1-37(2,3)55-36(53)48-17-13-38(14-18-48)12-16-47(24-39(38,40)41)22-25-20-44-50(23-25)30-8-6-7-29-26(30)11-15-49(29)33-19-28(42-4)34-43-21-31(51(34)46-33)35(52)45-27-9-10-32(27)54-5/h6-8,19-21,23,27,32,42H,9-18,22,24H2,1-5H3,(H,45,52)/t27-,32-/m1/s1. The normalized spacial score (nSPS) is 22.1. The predicted octanol–water partition coefficient (Wildman–Crippen LogP) is 5.42. The van der Waals surface area contributed by atoms with Crippen molar-refractivity contribution < 1.29 is 27.8 Å². The molecule has 1 spiro atoms. The number of nitrogens with zero attached hydrogens (tertiary/aromatic N) is 8. The fourth-order valence-corrected chi connectivity index (χ4v) is 8.56. The Bertz CT molecular complexity index is 2080. The first kappa shape index (κ1) is 37.1. The number of hydrogen-bond donors (Lipinski definition) is 2. The van der Waals surface area contributed by atoms with Gasteiger partial charge in [-0.25, -0.2) is 27.8 Å². The van der Waals surface area contributed by atoms with Gasteiger partial charge in [0, 0.05) is 74.8 Å². The number of carbonyl (C=O) groups is 2. The zero-order chi connectivity index (χ0) is 38.7. The Morgan fingerprint density at radius 1 is 1.04 bits per heavy atom. The molecule has 4 aliphatic rings. The van der Waals surface area contributed by atoms with Crippen LogP contribution in [0, 0.1) is 5.41 Å². The van der Waals surface area contributed by atoms with Crippen LogP contribution in [0.25, 0.3) is 11.3 Å². The third-order valence-corrected chi connectivity index (χ3v) is 11.8. The van der Waals surface area contributed by atoms with Crippen LogP contribution in [0.2, 0.25) is 0 Å². The number of halogens is 2. The van der Waals surface area contributed by atoms with Crippen molar-refractivity contribution in [2.45, 2.75) is 89.5 Å². The number of benzene rings is 1. The van der Waals surface area contributed by atoms with E-state index < -0.39 is 23.0 Å². The smallest absolute Gasteiger partial charge is 0.410 e. The molecule has 3 aromatic heterocycles. The first-order valence-corrected chi connectivity index (χ1v) is 19.2. The molecule has 1 aliphatic carbocycles. The Kier molecular flexibility index (Phi) is 9.47. The molecule has 1 aromatic carbocycles. The first-order valence-electron chi connectivity index (χ1n) is 19.2. The van der Waals surface area contributed by atoms with Crippen LogP contribution in [0.5, 0.6) is 0 Å². The molecular formula is C39H50F2N10O4. The number of nitrogens with one attached hydrogen (secondary N) is 2. The van der Waals surface area contributed by atoms with E-state index in [1.807, 2.05) is 47.1 Å². The van der Waals surface area contributed by atoms with Gasteiger partial charge in [-0.15, -0.1) is 5.10 Å². The van der Waals surface area contributed by atoms with E-state index in [9.17, 15) is 9.59 Å². The number of carbonyl (C=O) groups excluding carboxylic acids is 2. The highest BCUT2D eigenvalue weighted by Gasteiger charge is 2.57. The molecule has 55 heavy (non-hydrogen) atoms. The zero-order valence-corrected chi connectivity index (χ0v) is 32.1. The first-order chi connectivity index (χ1) is 26.3. The number of amides is 2. The van der Waals surface area contributed by atoms with Crippen LogP contribution in [-0.2, 0) is 22.4 Å². The van der Waals surface area contributed by atoms with Crippen molar-refractivity contribution in [1.82, 2.24) is 39.5 Å². The summed E-state index contributed by atoms with van der Waals surface area (Å²) in [7, 11) is 3.47. The maximum Gasteiger partial charge on any atom is 0.410 e. The lowest BCUT2D eigenvalue weighted by atomic mass is 9.68. The number of anilines is 3. The molecule has 16 heteroatoms. The monoisotopic (exact) mass is 760 g/mol. The molecule has 3 aliphatic heterocycles. The van der Waals surface area contributed by atoms with Gasteiger partial charge in [0.05, 0.1) is 42.5 Å². The third-order valence-electron chi connectivity index (χ3n) is 11.8. The van der Waals surface area contributed by atoms with Crippen molar-refractivity contribution in [1.29, 1.82) is 0 Å². The molecule has 1 saturated carbocycles. The Labute approximate surface area is 319 Å². The molecule has 6 heterocycles. The van der Waals surface area contributed by atoms with Crippen molar-refractivity contribution in [2.75, 3.05) is 57.1 Å². The van der Waals surface area contributed by atoms with E-state index in [1.54, 1.807) is 49.7 Å². The second-order valence-corrected chi connectivity index (χ2v) is 16.4. The van der Waals surface area contributed by atoms with Gasteiger partial charge in [-0.3, -0.25) is 9.69 Å². The van der Waals surface area contributed by atoms with Crippen LogP contribution in [0.3, 0.4) is 0 Å². The van der Waals surface area contributed by atoms with Gasteiger partial charge < -0.3 is 29.9 Å². The summed E-state index contributed by atoms with van der Waals surface area (Å²) in [6, 6.07) is 7.94. The number of methoxy groups -OCH3 is 1. The Hall–Kier alpha value is -4.83. The Morgan fingerprint density at radius 2 is 1.80 bits per heavy atom. The Morgan fingerprint density at radius 3 is 2.49 bits per heavy atom. The Balaban J connectivity index is 0.957. The van der Waals surface area contributed by atoms with Crippen molar-refractivity contribution in [3.05, 3.63) is 59.7 Å². The van der Waals surface area contributed by atoms with Gasteiger partial charge in [0.25, 0.3) is 11.8 Å². The van der Waals surface area contributed by atoms with Gasteiger partial charge in [-0.2, -0.15) is 5.10 Å². The number of fused-ring (bicyclic) bond motifs is 2. The molecule has 2 atom stereocenters. The van der Waals surface area contributed by atoms with Gasteiger partial charge in [0.2, 0.25) is 0 Å². The molecule has 3 fully saturated rings. The van der Waals surface area contributed by atoms with Crippen LogP contribution in [0.1, 0.15) is 74.5 Å². The predicted molar refractivity (Wildman–Crippen MR) is 202 cm³/mol. The summed E-state index contributed by atoms with van der Waals surface area (Å²) in [6.45, 7) is 7.20. The summed E-state index contributed by atoms with van der Waals surface area (Å²) in [5.41, 5.74) is 3.73. The van der Waals surface area contributed by atoms with Gasteiger partial charge in [-0.1, -0.05) is 6.07 Å². The van der Waals surface area contributed by atoms with E-state index in [-0.39, 0.29) is 50.5 Å².